The minimum atomic E-state index is 0.500. The normalized spacial score (nSPS) is 10.1. The van der Waals surface area contributed by atoms with Crippen molar-refractivity contribution < 1.29 is 0 Å². The molecular weight excluding hydrogens is 1060 g/mol. The molecule has 0 saturated carbocycles. The van der Waals surface area contributed by atoms with E-state index in [2.05, 4.69) is 330 Å². The molecule has 6 aromatic rings. The summed E-state index contributed by atoms with van der Waals surface area (Å²) in [5, 5.41) is 3.90. The summed E-state index contributed by atoms with van der Waals surface area (Å²) in [6, 6.07) is 47.5. The molecule has 1 aromatic heterocycles. The van der Waals surface area contributed by atoms with Crippen LogP contribution in [0.5, 0.6) is 0 Å². The third-order valence-electron chi connectivity index (χ3n) is 5.48. The smallest absolute Gasteiger partial charge is 0.0453 e. The van der Waals surface area contributed by atoms with E-state index in [1.807, 2.05) is 152 Å². The minimum absolute atomic E-state index is 0.500. The maximum atomic E-state index is 3.12. The van der Waals surface area contributed by atoms with E-state index in [-0.39, 0.29) is 0 Å². The second-order valence-corrected chi connectivity index (χ2v) is 31.9. The number of nitrogens with one attached hydrogen (secondary N) is 1. The number of benzene rings is 5. The Morgan fingerprint density at radius 1 is 0.227 bits per heavy atom. The van der Waals surface area contributed by atoms with E-state index in [1.165, 1.54) is 32.8 Å². The van der Waals surface area contributed by atoms with E-state index in [0.29, 0.717) is 43.3 Å². The molecule has 520 valence electrons. The standard InChI is InChI=1S/C10H8.C9H8.C8H7N.C6H6.8C5H12.7C2H6/c1-2-6-10-8-4-3-7-9(10)5-1;1-2-5-9-7-3-6-8(9)4-1;1-2-4-8-7(3-1)5-6-9-8;1-2-4-6-5-3-1;8*1-5(2,3)4;7*1-2/h1-8H;1-6H,7H2;1-6,9H;1-6H;8*1-4H3;7*1-2H3. The Hall–Kier alpha value is -4.36. The number of aromatic nitrogens is 1. The van der Waals surface area contributed by atoms with Crippen molar-refractivity contribution in [3.8, 4) is 0 Å². The third kappa shape index (κ3) is 185. The number of fused-ring (bicyclic) bond motifs is 3. The first-order valence-electron chi connectivity index (χ1n) is 34.6. The fraction of sp³-hybridized carbons (Fsp3) is 0.632. The molecule has 0 unspecified atom stereocenters. The number of H-pyrrole nitrogens is 1. The zero-order valence-electron chi connectivity index (χ0n) is 69.2. The van der Waals surface area contributed by atoms with Crippen molar-refractivity contribution in [1.29, 1.82) is 0 Å². The first kappa shape index (κ1) is 111. The van der Waals surface area contributed by atoms with Crippen molar-refractivity contribution >= 4 is 27.8 Å². The van der Waals surface area contributed by atoms with Gasteiger partial charge in [0, 0.05) is 11.7 Å². The molecule has 0 atom stereocenters. The van der Waals surface area contributed by atoms with Crippen molar-refractivity contribution in [3.63, 3.8) is 0 Å². The van der Waals surface area contributed by atoms with Crippen molar-refractivity contribution in [1.82, 2.24) is 4.98 Å². The summed E-state index contributed by atoms with van der Waals surface area (Å²) >= 11 is 0. The van der Waals surface area contributed by atoms with Gasteiger partial charge in [-0.15, -0.1) is 0 Å². The predicted molar refractivity (Wildman–Crippen MR) is 428 cm³/mol. The van der Waals surface area contributed by atoms with Crippen LogP contribution in [-0.2, 0) is 6.42 Å². The van der Waals surface area contributed by atoms with Crippen LogP contribution in [0, 0.1) is 43.3 Å². The Morgan fingerprint density at radius 2 is 0.420 bits per heavy atom. The largest absolute Gasteiger partial charge is 0.361 e. The van der Waals surface area contributed by atoms with Crippen LogP contribution in [0.15, 0.2) is 152 Å². The van der Waals surface area contributed by atoms with Gasteiger partial charge in [-0.2, -0.15) is 0 Å². The van der Waals surface area contributed by atoms with E-state index >= 15 is 0 Å². The maximum Gasteiger partial charge on any atom is 0.0453 e. The van der Waals surface area contributed by atoms with Crippen LogP contribution < -0.4 is 0 Å². The summed E-state index contributed by atoms with van der Waals surface area (Å²) in [6.07, 6.45) is 7.45. The Kier molecular flexibility index (Phi) is 86.7. The quantitative estimate of drug-likeness (QED) is 0.156. The van der Waals surface area contributed by atoms with Gasteiger partial charge >= 0.3 is 0 Å². The number of aromatic amines is 1. The first-order chi connectivity index (χ1) is 39.9. The van der Waals surface area contributed by atoms with Gasteiger partial charge in [0.1, 0.15) is 0 Å². The third-order valence-corrected chi connectivity index (χ3v) is 5.48. The molecule has 1 aliphatic carbocycles. The molecule has 0 spiro atoms. The SMILES string of the molecule is C1=Cc2ccccc2C1.CC.CC.CC.CC.CC.CC.CC.CC(C)(C)C.CC(C)(C)C.CC(C)(C)C.CC(C)(C)C.CC(C)(C)C.CC(C)(C)C.CC(C)(C)C.CC(C)(C)C.c1ccc2[nH]ccc2c1.c1ccc2ccccc2c1.c1ccccc1. The van der Waals surface area contributed by atoms with Crippen LogP contribution >= 0.6 is 0 Å². The van der Waals surface area contributed by atoms with Gasteiger partial charge in [-0.25, -0.2) is 0 Å². The summed E-state index contributed by atoms with van der Waals surface area (Å²) < 4.78 is 0. The summed E-state index contributed by atoms with van der Waals surface area (Å²) in [5.41, 5.74) is 8.05. The van der Waals surface area contributed by atoms with Crippen molar-refractivity contribution in [2.75, 3.05) is 0 Å². The van der Waals surface area contributed by atoms with Crippen molar-refractivity contribution in [2.45, 2.75) is 325 Å². The van der Waals surface area contributed by atoms with Gasteiger partial charge in [0.25, 0.3) is 0 Å². The molecule has 0 saturated heterocycles. The zero-order valence-corrected chi connectivity index (χ0v) is 69.2. The van der Waals surface area contributed by atoms with Crippen LogP contribution in [-0.4, -0.2) is 4.98 Å². The molecule has 0 fully saturated rings. The Bertz CT molecular complexity index is 1860. The molecule has 0 amide bonds. The highest BCUT2D eigenvalue weighted by atomic mass is 14.7. The van der Waals surface area contributed by atoms with Crippen LogP contribution in [0.25, 0.3) is 27.8 Å². The molecule has 5 aromatic carbocycles. The van der Waals surface area contributed by atoms with Crippen LogP contribution in [0.1, 0.15) is 330 Å². The maximum absolute atomic E-state index is 3.12. The van der Waals surface area contributed by atoms with Gasteiger partial charge in [-0.3, -0.25) is 0 Å². The number of hydrogen-bond donors (Lipinski definition) is 1. The molecule has 7 rings (SSSR count). The highest BCUT2D eigenvalue weighted by molar-refractivity contribution is 5.82. The summed E-state index contributed by atoms with van der Waals surface area (Å²) in [4.78, 5) is 3.12. The minimum Gasteiger partial charge on any atom is -0.361 e. The lowest BCUT2D eigenvalue weighted by Gasteiger charge is -2.05. The van der Waals surface area contributed by atoms with E-state index in [0.717, 1.165) is 6.42 Å². The summed E-state index contributed by atoms with van der Waals surface area (Å²) in [6.45, 7) is 98.0. The average Bonchev–Trinajstić information content (AvgIpc) is 4.09. The van der Waals surface area contributed by atoms with Gasteiger partial charge < -0.3 is 4.98 Å². The van der Waals surface area contributed by atoms with E-state index in [4.69, 9.17) is 0 Å². The number of rotatable bonds is 0. The molecule has 1 heteroatoms. The molecule has 1 aliphatic rings. The first-order valence-corrected chi connectivity index (χ1v) is 34.6. The van der Waals surface area contributed by atoms with E-state index in [1.54, 1.807) is 0 Å². The van der Waals surface area contributed by atoms with Gasteiger partial charge in [-0.05, 0) is 89.2 Å². The lowest BCUT2D eigenvalue weighted by molar-refractivity contribution is 0.469. The molecule has 0 aliphatic heterocycles. The van der Waals surface area contributed by atoms with Gasteiger partial charge in [0.2, 0.25) is 0 Å². The molecule has 1 nitrogen and oxygen atoms in total. The second kappa shape index (κ2) is 68.5. The fourth-order valence-corrected chi connectivity index (χ4v) is 3.71. The monoisotopic (exact) mass is 1230 g/mol. The molecule has 0 radical (unpaired) electrons. The topological polar surface area (TPSA) is 15.8 Å². The zero-order chi connectivity index (χ0) is 73.3. The summed E-state index contributed by atoms with van der Waals surface area (Å²) in [7, 11) is 0. The Labute approximate surface area is 560 Å². The number of para-hydroxylation sites is 1. The van der Waals surface area contributed by atoms with Crippen molar-refractivity contribution in [3.05, 3.63) is 163 Å². The second-order valence-electron chi connectivity index (χ2n) is 31.9. The van der Waals surface area contributed by atoms with Gasteiger partial charge in [-0.1, -0.05) is 458 Å². The molecular formula is C87H167N. The highest BCUT2D eigenvalue weighted by Crippen LogP contribution is 2.18. The Morgan fingerprint density at radius 3 is 0.636 bits per heavy atom. The predicted octanol–water partition coefficient (Wildman–Crippen LogP) is 32.6. The number of allylic oxidation sites excluding steroid dienone is 1. The summed E-state index contributed by atoms with van der Waals surface area (Å²) in [5.74, 6) is 0. The lowest BCUT2D eigenvalue weighted by Crippen LogP contribution is -1.93. The highest BCUT2D eigenvalue weighted by Gasteiger charge is 2.01. The molecule has 1 heterocycles. The van der Waals surface area contributed by atoms with Crippen LogP contribution in [0.3, 0.4) is 0 Å². The lowest BCUT2D eigenvalue weighted by atomic mass is 10.0. The average molecular weight is 1230 g/mol. The fourth-order valence-electron chi connectivity index (χ4n) is 3.71. The number of hydrogen-bond acceptors (Lipinski definition) is 0. The van der Waals surface area contributed by atoms with Gasteiger partial charge in [0.15, 0.2) is 0 Å². The van der Waals surface area contributed by atoms with Crippen LogP contribution in [0.2, 0.25) is 0 Å². The Balaban J connectivity index is -0.0000000710. The molecule has 0 bridgehead atoms. The van der Waals surface area contributed by atoms with Crippen molar-refractivity contribution in [2.24, 2.45) is 43.3 Å². The molecule has 1 N–H and O–H groups in total. The van der Waals surface area contributed by atoms with Crippen LogP contribution in [0.4, 0.5) is 0 Å². The van der Waals surface area contributed by atoms with E-state index in [9.17, 15) is 0 Å². The van der Waals surface area contributed by atoms with Gasteiger partial charge in [0.05, 0.1) is 0 Å². The molecule has 88 heavy (non-hydrogen) atoms. The van der Waals surface area contributed by atoms with E-state index < -0.39 is 0 Å².